The molecule has 3 fully saturated rings. The predicted molar refractivity (Wildman–Crippen MR) is 175 cm³/mol. The van der Waals surface area contributed by atoms with Gasteiger partial charge >= 0.3 is 57.5 Å². The Kier molecular flexibility index (Phi) is 13.3. The molecule has 252 valence electrons. The van der Waals surface area contributed by atoms with Crippen molar-refractivity contribution in [2.45, 2.75) is 75.5 Å². The van der Waals surface area contributed by atoms with Gasteiger partial charge in [-0.3, -0.25) is 4.90 Å². The minimum Gasteiger partial charge on any atom is -0.444 e. The van der Waals surface area contributed by atoms with Crippen LogP contribution in [0.3, 0.4) is 0 Å². The van der Waals surface area contributed by atoms with E-state index in [-0.39, 0.29) is 81.7 Å². The fourth-order valence-corrected chi connectivity index (χ4v) is 7.34. The van der Waals surface area contributed by atoms with Gasteiger partial charge in [-0.25, -0.2) is 22.4 Å². The number of aromatic amines is 1. The van der Waals surface area contributed by atoms with Crippen LogP contribution in [0.2, 0.25) is 0 Å². The summed E-state index contributed by atoms with van der Waals surface area (Å²) in [6, 6.07) is 6.76. The molecule has 2 aromatic carbocycles. The molecule has 0 radical (unpaired) electrons. The minimum atomic E-state index is -0.678. The van der Waals surface area contributed by atoms with Crippen LogP contribution in [0.4, 0.5) is 22.4 Å². The molecule has 5 atom stereocenters. The number of carbonyl (C=O) groups is 2. The van der Waals surface area contributed by atoms with Gasteiger partial charge in [-0.1, -0.05) is 12.6 Å². The number of aromatic nitrogens is 2. The zero-order chi connectivity index (χ0) is 33.6. The van der Waals surface area contributed by atoms with Gasteiger partial charge in [0.2, 0.25) is 0 Å². The second-order valence-electron chi connectivity index (χ2n) is 13.5. The number of fused-ring (bicyclic) bond motifs is 3. The summed E-state index contributed by atoms with van der Waals surface area (Å²) in [5.41, 5.74) is 1.21. The van der Waals surface area contributed by atoms with Crippen molar-refractivity contribution in [3.63, 3.8) is 0 Å². The molecule has 3 aromatic rings. The summed E-state index contributed by atoms with van der Waals surface area (Å²) in [4.78, 5) is 28.3. The number of hydrogen-bond acceptors (Lipinski definition) is 6. The van der Waals surface area contributed by atoms with Crippen LogP contribution in [0.5, 0.6) is 0 Å². The topological polar surface area (TPSA) is 91.1 Å². The number of amides is 1. The average molecular weight is 750 g/mol. The molecule has 2 aliphatic carbocycles. The van der Waals surface area contributed by atoms with E-state index >= 15 is 0 Å². The number of nitriles is 1. The number of rotatable bonds is 3. The van der Waals surface area contributed by atoms with Crippen molar-refractivity contribution in [1.29, 1.82) is 5.26 Å². The van der Waals surface area contributed by atoms with Gasteiger partial charge in [0.05, 0.1) is 6.04 Å². The molecule has 1 N–H and O–H groups in total. The summed E-state index contributed by atoms with van der Waals surface area (Å²) in [7, 11) is 0. The van der Waals surface area contributed by atoms with Crippen molar-refractivity contribution >= 4 is 49.6 Å². The van der Waals surface area contributed by atoms with Crippen molar-refractivity contribution in [3.8, 4) is 5.40 Å². The standard InChI is InChI=1S/C18H21F2NO3.C14H12F2N2S.CHNS.ClH.K/c1-17(2,3)24-16(23)21-10-18(8-12(18)6-15(21)9-22)11-4-13(19)7-14(20)5-11;15-10-1-8(2-11(16)4-10)14-5-9(14)3-12-6-17-13(19)18(12)7-14;2-1-3;;/h4-5,7,9,12,15H,6,8,10H2,1-3H3;1-2,4,6,9H,3,5,7H2,(H,17,19);3H;1H;/q;;;;+1/t12-,15?,18-;9-,14-;;;/m11.../s1. The molecule has 2 saturated carbocycles. The number of hydrogen-bond donors (Lipinski definition) is 2. The molecular formula is C33H35ClF4KN4O3S2+. The molecule has 2 aliphatic heterocycles. The summed E-state index contributed by atoms with van der Waals surface area (Å²) in [5.74, 6) is -1.65. The van der Waals surface area contributed by atoms with Crippen LogP contribution >= 0.6 is 37.3 Å². The van der Waals surface area contributed by atoms with Gasteiger partial charge in [0, 0.05) is 47.9 Å². The van der Waals surface area contributed by atoms with E-state index in [4.69, 9.17) is 22.2 Å². The van der Waals surface area contributed by atoms with E-state index in [1.54, 1.807) is 20.8 Å². The van der Waals surface area contributed by atoms with Crippen molar-refractivity contribution in [3.05, 3.63) is 87.5 Å². The van der Waals surface area contributed by atoms with Crippen LogP contribution < -0.4 is 51.4 Å². The van der Waals surface area contributed by atoms with E-state index in [1.165, 1.54) is 40.3 Å². The second kappa shape index (κ2) is 15.7. The number of likely N-dealkylation sites (tertiary alicyclic amines) is 1. The third kappa shape index (κ3) is 8.59. The summed E-state index contributed by atoms with van der Waals surface area (Å²) in [6.45, 7) is 6.21. The molecule has 1 aromatic heterocycles. The number of benzene rings is 2. The number of aldehydes is 1. The predicted octanol–water partition coefficient (Wildman–Crippen LogP) is 4.59. The molecule has 7 rings (SSSR count). The maximum absolute atomic E-state index is 13.6. The third-order valence-electron chi connectivity index (χ3n) is 9.35. The summed E-state index contributed by atoms with van der Waals surface area (Å²) >= 11 is 8.35. The SMILES string of the molecule is CC(C)(C)OC(=O)N1C[C@@]2(c3cc(F)cc(F)c3)C[C@H]2CC1C=O.Cl.Fc1cc(F)cc([C@]23C[C@H]2Cc2c[nH]c(=S)n2C3)c1.N#CS.[K+]. The number of piperidine rings is 1. The molecule has 4 aliphatic rings. The number of thiocyanates is 1. The van der Waals surface area contributed by atoms with Crippen LogP contribution in [0.1, 0.15) is 56.9 Å². The number of thiol groups is 1. The average Bonchev–Trinajstić information content (AvgIpc) is 3.84. The Morgan fingerprint density at radius 1 is 1.00 bits per heavy atom. The first kappa shape index (κ1) is 40.7. The van der Waals surface area contributed by atoms with Gasteiger partial charge in [-0.2, -0.15) is 5.26 Å². The summed E-state index contributed by atoms with van der Waals surface area (Å²) in [5, 5.41) is 8.63. The maximum Gasteiger partial charge on any atom is 1.00 e. The number of carbonyl (C=O) groups excluding carboxylic acids is 2. The van der Waals surface area contributed by atoms with E-state index in [0.29, 0.717) is 29.1 Å². The normalized spacial score (nSPS) is 25.6. The Bertz CT molecular complexity index is 1740. The zero-order valence-electron chi connectivity index (χ0n) is 26.9. The fourth-order valence-electron chi connectivity index (χ4n) is 7.10. The van der Waals surface area contributed by atoms with Crippen molar-refractivity contribution in [2.75, 3.05) is 6.54 Å². The van der Waals surface area contributed by atoms with Gasteiger partial charge in [0.25, 0.3) is 0 Å². The number of ether oxygens (including phenoxy) is 1. The molecule has 1 unspecified atom stereocenters. The third-order valence-corrected chi connectivity index (χ3v) is 9.69. The smallest absolute Gasteiger partial charge is 0.444 e. The van der Waals surface area contributed by atoms with Crippen LogP contribution in [0, 0.1) is 50.5 Å². The Labute approximate surface area is 336 Å². The van der Waals surface area contributed by atoms with Crippen molar-refractivity contribution in [1.82, 2.24) is 14.5 Å². The second-order valence-corrected chi connectivity index (χ2v) is 14.0. The van der Waals surface area contributed by atoms with Crippen molar-refractivity contribution in [2.24, 2.45) is 11.8 Å². The van der Waals surface area contributed by atoms with Gasteiger partial charge in [0.15, 0.2) is 4.77 Å². The first-order valence-corrected chi connectivity index (χ1v) is 15.7. The van der Waals surface area contributed by atoms with E-state index in [0.717, 1.165) is 43.4 Å². The quantitative estimate of drug-likeness (QED) is 0.102. The number of halogens is 5. The minimum absolute atomic E-state index is 0. The van der Waals surface area contributed by atoms with E-state index < -0.39 is 46.4 Å². The Morgan fingerprint density at radius 3 is 1.96 bits per heavy atom. The first-order valence-electron chi connectivity index (χ1n) is 14.8. The summed E-state index contributed by atoms with van der Waals surface area (Å²) in [6.07, 6.45) is 5.22. The molecule has 1 saturated heterocycles. The number of H-pyrrole nitrogens is 1. The van der Waals surface area contributed by atoms with E-state index in [2.05, 4.69) is 22.2 Å². The van der Waals surface area contributed by atoms with Crippen LogP contribution in [0.15, 0.2) is 42.6 Å². The zero-order valence-corrected chi connectivity index (χ0v) is 32.6. The fraction of sp³-hybridized carbons (Fsp3) is 0.455. The molecule has 3 heterocycles. The molecule has 7 nitrogen and oxygen atoms in total. The Hall–Kier alpha value is -1.70. The molecule has 48 heavy (non-hydrogen) atoms. The largest absolute Gasteiger partial charge is 1.00 e. The monoisotopic (exact) mass is 749 g/mol. The van der Waals surface area contributed by atoms with E-state index in [9.17, 15) is 27.2 Å². The van der Waals surface area contributed by atoms with Gasteiger partial charge in [-0.05, 0) is 106 Å². The molecule has 0 bridgehead atoms. The van der Waals surface area contributed by atoms with Gasteiger partial charge in [0.1, 0.15) is 40.6 Å². The van der Waals surface area contributed by atoms with Crippen LogP contribution in [-0.4, -0.2) is 45.0 Å². The molecular weight excluding hydrogens is 715 g/mol. The first-order chi connectivity index (χ1) is 21.6. The molecule has 1 amide bonds. The molecule has 0 spiro atoms. The Morgan fingerprint density at radius 2 is 1.48 bits per heavy atom. The number of imidazole rings is 1. The van der Waals surface area contributed by atoms with E-state index in [1.807, 2.05) is 6.20 Å². The van der Waals surface area contributed by atoms with Crippen LogP contribution in [0.25, 0.3) is 0 Å². The number of nitrogens with one attached hydrogen (secondary N) is 1. The Balaban J connectivity index is 0.000000236. The van der Waals surface area contributed by atoms with Crippen LogP contribution in [-0.2, 0) is 33.3 Å². The van der Waals surface area contributed by atoms with Crippen molar-refractivity contribution < 1.29 is 83.3 Å². The maximum atomic E-state index is 13.6. The van der Waals surface area contributed by atoms with Gasteiger partial charge < -0.3 is 19.1 Å². The summed E-state index contributed by atoms with van der Waals surface area (Å²) < 4.78 is 62.1. The molecule has 15 heteroatoms. The number of nitrogens with zero attached hydrogens (tertiary/aromatic N) is 3. The van der Waals surface area contributed by atoms with Gasteiger partial charge in [-0.15, -0.1) is 12.4 Å².